The molecule has 0 atom stereocenters. The van der Waals surface area contributed by atoms with Crippen LogP contribution >= 0.6 is 11.3 Å². The number of nitrogens with zero attached hydrogens (tertiary/aromatic N) is 4. The fraction of sp³-hybridized carbons (Fsp3) is 0.100. The first-order valence-electron chi connectivity index (χ1n) is 9.40. The maximum atomic E-state index is 12.5. The molecule has 3 aromatic rings. The molecule has 0 aliphatic carbocycles. The maximum absolute atomic E-state index is 12.5. The standard InChI is InChI=1S/C20H13N5O7S/c26-16(22-20-21-14(10-33-20)11-3-1-4-12(9-11)24(29)30)7-8-23-18(27)13-5-2-6-15(25(31)32)17(13)19(23)28/h1-6,9-10H,7-8H2,(H,21,22,26). The highest BCUT2D eigenvalue weighted by atomic mass is 32.1. The summed E-state index contributed by atoms with van der Waals surface area (Å²) >= 11 is 1.11. The normalized spacial score (nSPS) is 12.5. The van der Waals surface area contributed by atoms with Crippen molar-refractivity contribution in [2.45, 2.75) is 6.42 Å². The van der Waals surface area contributed by atoms with Gasteiger partial charge in [-0.25, -0.2) is 4.98 Å². The number of non-ortho nitro benzene ring substituents is 1. The quantitative estimate of drug-likeness (QED) is 0.314. The molecule has 1 N–H and O–H groups in total. The molecule has 0 saturated heterocycles. The van der Waals surface area contributed by atoms with Crippen LogP contribution in [0.4, 0.5) is 16.5 Å². The predicted molar refractivity (Wildman–Crippen MR) is 116 cm³/mol. The van der Waals surface area contributed by atoms with Crippen LogP contribution in [-0.4, -0.2) is 44.0 Å². The van der Waals surface area contributed by atoms with Crippen molar-refractivity contribution in [3.63, 3.8) is 0 Å². The summed E-state index contributed by atoms with van der Waals surface area (Å²) < 4.78 is 0. The number of nitro groups is 2. The summed E-state index contributed by atoms with van der Waals surface area (Å²) in [6, 6.07) is 9.68. The van der Waals surface area contributed by atoms with Gasteiger partial charge in [0.2, 0.25) is 5.91 Å². The second-order valence-corrected chi connectivity index (χ2v) is 7.72. The van der Waals surface area contributed by atoms with Gasteiger partial charge in [0, 0.05) is 42.1 Å². The number of carbonyl (C=O) groups is 3. The molecule has 0 radical (unpaired) electrons. The SMILES string of the molecule is O=C(CCN1C(=O)c2cccc([N+](=O)[O-])c2C1=O)Nc1nc(-c2cccc([N+](=O)[O-])c2)cs1. The Bertz CT molecular complexity index is 1340. The van der Waals surface area contributed by atoms with Gasteiger partial charge in [0.15, 0.2) is 5.13 Å². The van der Waals surface area contributed by atoms with E-state index in [-0.39, 0.29) is 34.9 Å². The van der Waals surface area contributed by atoms with Crippen molar-refractivity contribution in [1.82, 2.24) is 9.88 Å². The minimum atomic E-state index is -0.822. The zero-order valence-corrected chi connectivity index (χ0v) is 17.4. The molecule has 12 nitrogen and oxygen atoms in total. The number of carbonyl (C=O) groups excluding carboxylic acids is 3. The number of hydrogen-bond donors (Lipinski definition) is 1. The molecule has 166 valence electrons. The molecule has 13 heteroatoms. The van der Waals surface area contributed by atoms with Gasteiger partial charge in [0.25, 0.3) is 23.2 Å². The molecule has 2 aromatic carbocycles. The van der Waals surface area contributed by atoms with Gasteiger partial charge < -0.3 is 5.32 Å². The van der Waals surface area contributed by atoms with Crippen LogP contribution in [0.25, 0.3) is 11.3 Å². The van der Waals surface area contributed by atoms with Gasteiger partial charge in [-0.15, -0.1) is 11.3 Å². The number of fused-ring (bicyclic) bond motifs is 1. The Kier molecular flexibility index (Phi) is 5.62. The number of nitrogens with one attached hydrogen (secondary N) is 1. The van der Waals surface area contributed by atoms with Crippen molar-refractivity contribution in [1.29, 1.82) is 0 Å². The van der Waals surface area contributed by atoms with Crippen LogP contribution in [0.5, 0.6) is 0 Å². The largest absolute Gasteiger partial charge is 0.302 e. The molecule has 3 amide bonds. The zero-order chi connectivity index (χ0) is 23.7. The maximum Gasteiger partial charge on any atom is 0.282 e. The van der Waals surface area contributed by atoms with Crippen LogP contribution < -0.4 is 5.32 Å². The van der Waals surface area contributed by atoms with Crippen molar-refractivity contribution in [3.8, 4) is 11.3 Å². The molecular formula is C20H13N5O7S. The lowest BCUT2D eigenvalue weighted by Crippen LogP contribution is -2.33. The number of rotatable bonds is 7. The highest BCUT2D eigenvalue weighted by Gasteiger charge is 2.40. The minimum Gasteiger partial charge on any atom is -0.302 e. The molecule has 1 aliphatic heterocycles. The monoisotopic (exact) mass is 467 g/mol. The number of anilines is 1. The van der Waals surface area contributed by atoms with E-state index in [0.717, 1.165) is 22.3 Å². The average molecular weight is 467 g/mol. The summed E-state index contributed by atoms with van der Waals surface area (Å²) in [6.07, 6.45) is -0.245. The predicted octanol–water partition coefficient (Wildman–Crippen LogP) is 3.25. The molecule has 0 spiro atoms. The van der Waals surface area contributed by atoms with Crippen molar-refractivity contribution in [3.05, 3.63) is 79.2 Å². The van der Waals surface area contributed by atoms with Gasteiger partial charge in [-0.05, 0) is 6.07 Å². The molecular weight excluding hydrogens is 454 g/mol. The lowest BCUT2D eigenvalue weighted by atomic mass is 10.1. The van der Waals surface area contributed by atoms with Crippen LogP contribution in [0.1, 0.15) is 27.1 Å². The third-order valence-corrected chi connectivity index (χ3v) is 5.60. The Morgan fingerprint density at radius 2 is 1.82 bits per heavy atom. The summed E-state index contributed by atoms with van der Waals surface area (Å²) in [5.74, 6) is -2.05. The number of benzene rings is 2. The minimum absolute atomic E-state index is 0.0730. The summed E-state index contributed by atoms with van der Waals surface area (Å²) in [4.78, 5) is 63.2. The summed E-state index contributed by atoms with van der Waals surface area (Å²) in [7, 11) is 0. The Morgan fingerprint density at radius 3 is 2.55 bits per heavy atom. The molecule has 0 fully saturated rings. The van der Waals surface area contributed by atoms with E-state index >= 15 is 0 Å². The molecule has 0 bridgehead atoms. The first kappa shape index (κ1) is 21.7. The number of imide groups is 1. The Hall–Kier alpha value is -4.52. The second kappa shape index (κ2) is 8.55. The lowest BCUT2D eigenvalue weighted by molar-refractivity contribution is -0.385. The molecule has 4 rings (SSSR count). The number of thiazole rings is 1. The Balaban J connectivity index is 1.41. The Morgan fingerprint density at radius 1 is 1.06 bits per heavy atom. The molecule has 2 heterocycles. The molecule has 33 heavy (non-hydrogen) atoms. The van der Waals surface area contributed by atoms with Gasteiger partial charge in [-0.1, -0.05) is 18.2 Å². The summed E-state index contributed by atoms with van der Waals surface area (Å²) in [5, 5.41) is 26.5. The first-order chi connectivity index (χ1) is 15.8. The zero-order valence-electron chi connectivity index (χ0n) is 16.6. The average Bonchev–Trinajstić information content (AvgIpc) is 3.35. The van der Waals surface area contributed by atoms with Crippen LogP contribution in [-0.2, 0) is 4.79 Å². The van der Waals surface area contributed by atoms with E-state index < -0.39 is 33.3 Å². The van der Waals surface area contributed by atoms with Crippen molar-refractivity contribution >= 4 is 45.6 Å². The van der Waals surface area contributed by atoms with Crippen LogP contribution in [0, 0.1) is 20.2 Å². The van der Waals surface area contributed by atoms with E-state index in [4.69, 9.17) is 0 Å². The van der Waals surface area contributed by atoms with E-state index in [0.29, 0.717) is 11.3 Å². The number of nitro benzene ring substituents is 2. The number of hydrogen-bond acceptors (Lipinski definition) is 9. The third-order valence-electron chi connectivity index (χ3n) is 4.84. The van der Waals surface area contributed by atoms with Gasteiger partial charge in [0.05, 0.1) is 21.1 Å². The third kappa shape index (κ3) is 4.16. The number of aromatic nitrogens is 1. The van der Waals surface area contributed by atoms with E-state index in [2.05, 4.69) is 10.3 Å². The molecule has 0 saturated carbocycles. The Labute approximate surface area is 188 Å². The molecule has 0 unspecified atom stereocenters. The lowest BCUT2D eigenvalue weighted by Gasteiger charge is -2.12. The highest BCUT2D eigenvalue weighted by Crippen LogP contribution is 2.31. The highest BCUT2D eigenvalue weighted by molar-refractivity contribution is 7.14. The van der Waals surface area contributed by atoms with Gasteiger partial charge in [-0.3, -0.25) is 39.5 Å². The van der Waals surface area contributed by atoms with Crippen molar-refractivity contribution < 1.29 is 24.2 Å². The fourth-order valence-corrected chi connectivity index (χ4v) is 4.04. The summed E-state index contributed by atoms with van der Waals surface area (Å²) in [5.41, 5.74) is 0.0345. The van der Waals surface area contributed by atoms with Crippen molar-refractivity contribution in [2.75, 3.05) is 11.9 Å². The van der Waals surface area contributed by atoms with E-state index in [9.17, 15) is 34.6 Å². The second-order valence-electron chi connectivity index (χ2n) is 6.86. The van der Waals surface area contributed by atoms with Crippen molar-refractivity contribution in [2.24, 2.45) is 0 Å². The summed E-state index contributed by atoms with van der Waals surface area (Å²) in [6.45, 7) is -0.265. The van der Waals surface area contributed by atoms with Crippen LogP contribution in [0.3, 0.4) is 0 Å². The van der Waals surface area contributed by atoms with Crippen LogP contribution in [0.15, 0.2) is 47.8 Å². The van der Waals surface area contributed by atoms with E-state index in [1.807, 2.05) is 0 Å². The molecule has 1 aliphatic rings. The topological polar surface area (TPSA) is 166 Å². The fourth-order valence-electron chi connectivity index (χ4n) is 3.31. The number of amides is 3. The van der Waals surface area contributed by atoms with Gasteiger partial charge >= 0.3 is 0 Å². The first-order valence-corrected chi connectivity index (χ1v) is 10.3. The molecule has 1 aromatic heterocycles. The van der Waals surface area contributed by atoms with E-state index in [1.165, 1.54) is 30.3 Å². The smallest absolute Gasteiger partial charge is 0.282 e. The van der Waals surface area contributed by atoms with Gasteiger partial charge in [0.1, 0.15) is 5.56 Å². The van der Waals surface area contributed by atoms with E-state index in [1.54, 1.807) is 11.4 Å². The van der Waals surface area contributed by atoms with Crippen LogP contribution in [0.2, 0.25) is 0 Å². The van der Waals surface area contributed by atoms with Gasteiger partial charge in [-0.2, -0.15) is 0 Å².